The predicted octanol–water partition coefficient (Wildman–Crippen LogP) is 5.15. The van der Waals surface area contributed by atoms with E-state index < -0.39 is 0 Å². The van der Waals surface area contributed by atoms with E-state index in [1.807, 2.05) is 0 Å². The summed E-state index contributed by atoms with van der Waals surface area (Å²) in [5.41, 5.74) is 3.07. The molecule has 0 amide bonds. The first-order chi connectivity index (χ1) is 9.99. The van der Waals surface area contributed by atoms with Gasteiger partial charge in [0.2, 0.25) is 0 Å². The quantitative estimate of drug-likeness (QED) is 0.790. The molecule has 0 bridgehead atoms. The average molecular weight is 287 g/mol. The lowest BCUT2D eigenvalue weighted by molar-refractivity contribution is 0.188. The summed E-state index contributed by atoms with van der Waals surface area (Å²) in [5, 5.41) is 3.68. The zero-order chi connectivity index (χ0) is 15.4. The first kappa shape index (κ1) is 16.5. The first-order valence-corrected chi connectivity index (χ1v) is 8.78. The molecule has 0 radical (unpaired) electrons. The van der Waals surface area contributed by atoms with Gasteiger partial charge in [0.05, 0.1) is 0 Å². The fourth-order valence-corrected chi connectivity index (χ4v) is 3.89. The van der Waals surface area contributed by atoms with Crippen molar-refractivity contribution in [1.82, 2.24) is 5.32 Å². The zero-order valence-corrected chi connectivity index (χ0v) is 14.5. The number of hydrogen-bond acceptors (Lipinski definition) is 1. The van der Waals surface area contributed by atoms with Gasteiger partial charge in [-0.1, -0.05) is 52.0 Å². The van der Waals surface area contributed by atoms with Crippen molar-refractivity contribution in [3.05, 3.63) is 35.4 Å². The Labute approximate surface area is 131 Å². The molecule has 3 unspecified atom stereocenters. The number of aryl methyl sites for hydroxylation is 1. The molecule has 0 heterocycles. The third kappa shape index (κ3) is 4.32. The van der Waals surface area contributed by atoms with Crippen LogP contribution in [0.4, 0.5) is 0 Å². The fraction of sp³-hybridized carbons (Fsp3) is 0.700. The van der Waals surface area contributed by atoms with E-state index in [0.717, 1.165) is 23.7 Å². The number of hydrogen-bond donors (Lipinski definition) is 1. The molecule has 2 rings (SSSR count). The molecule has 1 heteroatoms. The molecule has 0 saturated heterocycles. The molecular formula is C20H33N. The Morgan fingerprint density at radius 1 is 1.10 bits per heavy atom. The second-order valence-electron chi connectivity index (χ2n) is 7.60. The van der Waals surface area contributed by atoms with E-state index >= 15 is 0 Å². The lowest BCUT2D eigenvalue weighted by atomic mass is 9.67. The maximum Gasteiger partial charge on any atom is 0.00104 e. The first-order valence-electron chi connectivity index (χ1n) is 8.78. The molecule has 1 aromatic rings. The van der Waals surface area contributed by atoms with E-state index in [1.165, 1.54) is 31.4 Å². The molecule has 0 aromatic heterocycles. The van der Waals surface area contributed by atoms with Crippen LogP contribution in [0.15, 0.2) is 24.3 Å². The minimum Gasteiger partial charge on any atom is -0.314 e. The predicted molar refractivity (Wildman–Crippen MR) is 92.7 cm³/mol. The molecule has 1 aliphatic carbocycles. The minimum atomic E-state index is 0.588. The number of nitrogens with one attached hydrogen (secondary N) is 1. The largest absolute Gasteiger partial charge is 0.314 e. The topological polar surface area (TPSA) is 12.0 Å². The highest BCUT2D eigenvalue weighted by molar-refractivity contribution is 5.30. The third-order valence-electron chi connectivity index (χ3n) is 5.35. The smallest absolute Gasteiger partial charge is 0.00104 e. The van der Waals surface area contributed by atoms with Gasteiger partial charge in [-0.05, 0) is 67.5 Å². The van der Waals surface area contributed by atoms with Gasteiger partial charge in [-0.2, -0.15) is 0 Å². The van der Waals surface area contributed by atoms with E-state index in [1.54, 1.807) is 5.56 Å². The summed E-state index contributed by atoms with van der Waals surface area (Å²) in [7, 11) is 0. The molecule has 1 aromatic carbocycles. The van der Waals surface area contributed by atoms with Crippen molar-refractivity contribution in [3.63, 3.8) is 0 Å². The van der Waals surface area contributed by atoms with E-state index in [-0.39, 0.29) is 0 Å². The summed E-state index contributed by atoms with van der Waals surface area (Å²) < 4.78 is 0. The third-order valence-corrected chi connectivity index (χ3v) is 5.35. The van der Waals surface area contributed by atoms with Crippen molar-refractivity contribution in [2.45, 2.75) is 65.8 Å². The molecule has 1 fully saturated rings. The highest BCUT2D eigenvalue weighted by Crippen LogP contribution is 2.43. The van der Waals surface area contributed by atoms with Crippen LogP contribution in [0, 0.1) is 24.7 Å². The molecule has 0 aliphatic heterocycles. The van der Waals surface area contributed by atoms with Crippen LogP contribution in [0.2, 0.25) is 0 Å². The molecule has 21 heavy (non-hydrogen) atoms. The molecule has 1 nitrogen and oxygen atoms in total. The number of benzene rings is 1. The Hall–Kier alpha value is -0.820. The maximum absolute atomic E-state index is 3.68. The molecule has 3 atom stereocenters. The van der Waals surface area contributed by atoms with E-state index in [9.17, 15) is 0 Å². The van der Waals surface area contributed by atoms with Crippen LogP contribution in [0.25, 0.3) is 0 Å². The summed E-state index contributed by atoms with van der Waals surface area (Å²) in [6.07, 6.45) is 4.15. The fourth-order valence-electron chi connectivity index (χ4n) is 3.89. The second-order valence-corrected chi connectivity index (χ2v) is 7.60. The highest BCUT2D eigenvalue weighted by Gasteiger charge is 2.33. The van der Waals surface area contributed by atoms with Crippen LogP contribution in [-0.4, -0.2) is 12.6 Å². The van der Waals surface area contributed by atoms with Gasteiger partial charge in [-0.3, -0.25) is 0 Å². The SMILES string of the molecule is Cc1ccccc1C1CC(C(C)C)CCC1CNC(C)C. The van der Waals surface area contributed by atoms with Gasteiger partial charge in [-0.15, -0.1) is 0 Å². The van der Waals surface area contributed by atoms with E-state index in [0.29, 0.717) is 6.04 Å². The van der Waals surface area contributed by atoms with Crippen LogP contribution in [0.3, 0.4) is 0 Å². The Balaban J connectivity index is 2.18. The molecule has 1 saturated carbocycles. The highest BCUT2D eigenvalue weighted by atomic mass is 14.9. The minimum absolute atomic E-state index is 0.588. The van der Waals surface area contributed by atoms with Gasteiger partial charge in [0.25, 0.3) is 0 Å². The normalized spacial score (nSPS) is 26.5. The van der Waals surface area contributed by atoms with Gasteiger partial charge in [0, 0.05) is 6.04 Å². The van der Waals surface area contributed by atoms with E-state index in [2.05, 4.69) is 64.2 Å². The van der Waals surface area contributed by atoms with Gasteiger partial charge in [0.1, 0.15) is 0 Å². The van der Waals surface area contributed by atoms with Crippen molar-refractivity contribution in [2.24, 2.45) is 17.8 Å². The lowest BCUT2D eigenvalue weighted by Gasteiger charge is -2.39. The van der Waals surface area contributed by atoms with Crippen molar-refractivity contribution in [2.75, 3.05) is 6.54 Å². The van der Waals surface area contributed by atoms with Crippen molar-refractivity contribution < 1.29 is 0 Å². The van der Waals surface area contributed by atoms with Gasteiger partial charge in [-0.25, -0.2) is 0 Å². The van der Waals surface area contributed by atoms with Crippen LogP contribution < -0.4 is 5.32 Å². The van der Waals surface area contributed by atoms with Crippen LogP contribution in [0.1, 0.15) is 64.0 Å². The van der Waals surface area contributed by atoms with E-state index in [4.69, 9.17) is 0 Å². The zero-order valence-electron chi connectivity index (χ0n) is 14.5. The Kier molecular flexibility index (Phi) is 5.87. The molecule has 0 spiro atoms. The van der Waals surface area contributed by atoms with Crippen LogP contribution in [0.5, 0.6) is 0 Å². The molecule has 1 aliphatic rings. The number of rotatable bonds is 5. The molecular weight excluding hydrogens is 254 g/mol. The monoisotopic (exact) mass is 287 g/mol. The second kappa shape index (κ2) is 7.45. The lowest BCUT2D eigenvalue weighted by Crippen LogP contribution is -2.36. The summed E-state index contributed by atoms with van der Waals surface area (Å²) in [5.74, 6) is 3.24. The van der Waals surface area contributed by atoms with Gasteiger partial charge >= 0.3 is 0 Å². The van der Waals surface area contributed by atoms with Crippen molar-refractivity contribution >= 4 is 0 Å². The summed E-state index contributed by atoms with van der Waals surface area (Å²) >= 11 is 0. The molecule has 1 N–H and O–H groups in total. The van der Waals surface area contributed by atoms with Crippen molar-refractivity contribution in [3.8, 4) is 0 Å². The molecule has 118 valence electrons. The summed E-state index contributed by atoms with van der Waals surface area (Å²) in [4.78, 5) is 0. The van der Waals surface area contributed by atoms with Crippen LogP contribution in [-0.2, 0) is 0 Å². The summed E-state index contributed by atoms with van der Waals surface area (Å²) in [6, 6.07) is 9.62. The Morgan fingerprint density at radius 3 is 2.43 bits per heavy atom. The van der Waals surface area contributed by atoms with Crippen LogP contribution >= 0.6 is 0 Å². The van der Waals surface area contributed by atoms with Gasteiger partial charge < -0.3 is 5.32 Å². The maximum atomic E-state index is 3.68. The van der Waals surface area contributed by atoms with Crippen molar-refractivity contribution in [1.29, 1.82) is 0 Å². The summed E-state index contributed by atoms with van der Waals surface area (Å²) in [6.45, 7) is 12.7. The Morgan fingerprint density at radius 2 is 1.81 bits per heavy atom. The standard InChI is InChI=1S/C20H33N/c1-14(2)17-10-11-18(13-21-15(3)4)20(12-17)19-9-7-6-8-16(19)5/h6-9,14-15,17-18,20-21H,10-13H2,1-5H3. The average Bonchev–Trinajstić information content (AvgIpc) is 2.45. The van der Waals surface area contributed by atoms with Gasteiger partial charge in [0.15, 0.2) is 0 Å². The Bertz CT molecular complexity index is 435.